The van der Waals surface area contributed by atoms with Crippen LogP contribution in [0.4, 0.5) is 8.78 Å². The van der Waals surface area contributed by atoms with E-state index in [2.05, 4.69) is 20.4 Å². The van der Waals surface area contributed by atoms with Gasteiger partial charge in [-0.3, -0.25) is 4.79 Å². The SMILES string of the molecule is Cc1c(C(=O)N[C@H](CC(C)C)C(=O)O)nnn1-c1ccc(OC(F)F)cc1. The maximum atomic E-state index is 12.4. The number of alkyl halides is 2. The Hall–Kier alpha value is -3.04. The molecule has 0 unspecified atom stereocenters. The smallest absolute Gasteiger partial charge is 0.387 e. The van der Waals surface area contributed by atoms with E-state index in [1.807, 2.05) is 13.8 Å². The number of carboxylic acid groups (broad SMARTS) is 1. The molecule has 1 atom stereocenters. The lowest BCUT2D eigenvalue weighted by molar-refractivity contribution is -0.139. The van der Waals surface area contributed by atoms with Crippen LogP contribution in [0.3, 0.4) is 0 Å². The molecule has 0 fully saturated rings. The highest BCUT2D eigenvalue weighted by Gasteiger charge is 2.25. The highest BCUT2D eigenvalue weighted by molar-refractivity contribution is 5.95. The van der Waals surface area contributed by atoms with Crippen LogP contribution in [-0.2, 0) is 4.79 Å². The topological polar surface area (TPSA) is 106 Å². The van der Waals surface area contributed by atoms with Crippen molar-refractivity contribution in [3.05, 3.63) is 35.7 Å². The Bertz CT molecular complexity index is 806. The minimum absolute atomic E-state index is 0.0116. The second-order valence-corrected chi connectivity index (χ2v) is 6.30. The zero-order chi connectivity index (χ0) is 20.1. The zero-order valence-electron chi connectivity index (χ0n) is 15.0. The van der Waals surface area contributed by atoms with Crippen LogP contribution < -0.4 is 10.1 Å². The first kappa shape index (κ1) is 20.3. The van der Waals surface area contributed by atoms with E-state index in [4.69, 9.17) is 0 Å². The van der Waals surface area contributed by atoms with Gasteiger partial charge in [-0.1, -0.05) is 19.1 Å². The minimum atomic E-state index is -2.92. The summed E-state index contributed by atoms with van der Waals surface area (Å²) >= 11 is 0. The number of benzene rings is 1. The number of hydrogen-bond donors (Lipinski definition) is 2. The Kier molecular flexibility index (Phi) is 6.43. The third-order valence-corrected chi connectivity index (χ3v) is 3.73. The Morgan fingerprint density at radius 3 is 2.41 bits per heavy atom. The largest absolute Gasteiger partial charge is 0.480 e. The third kappa shape index (κ3) is 5.22. The summed E-state index contributed by atoms with van der Waals surface area (Å²) in [6.07, 6.45) is 0.278. The monoisotopic (exact) mass is 382 g/mol. The first-order valence-electron chi connectivity index (χ1n) is 8.20. The number of aromatic nitrogens is 3. The Labute approximate surface area is 154 Å². The quantitative estimate of drug-likeness (QED) is 0.726. The predicted molar refractivity (Wildman–Crippen MR) is 91.1 cm³/mol. The van der Waals surface area contributed by atoms with Crippen molar-refractivity contribution in [2.24, 2.45) is 5.92 Å². The van der Waals surface area contributed by atoms with Crippen LogP contribution in [0, 0.1) is 12.8 Å². The first-order valence-corrected chi connectivity index (χ1v) is 8.20. The third-order valence-electron chi connectivity index (χ3n) is 3.73. The fourth-order valence-corrected chi connectivity index (χ4v) is 2.47. The molecule has 8 nitrogen and oxygen atoms in total. The number of ether oxygens (including phenoxy) is 1. The molecule has 2 aromatic rings. The summed E-state index contributed by atoms with van der Waals surface area (Å²) in [5, 5.41) is 19.4. The van der Waals surface area contributed by atoms with Crippen molar-refractivity contribution in [1.29, 1.82) is 0 Å². The molecule has 1 heterocycles. The van der Waals surface area contributed by atoms with Gasteiger partial charge in [0.05, 0.1) is 11.4 Å². The van der Waals surface area contributed by atoms with Crippen LogP contribution in [0.15, 0.2) is 24.3 Å². The molecule has 0 spiro atoms. The summed E-state index contributed by atoms with van der Waals surface area (Å²) in [5.41, 5.74) is 0.847. The highest BCUT2D eigenvalue weighted by atomic mass is 19.3. The average molecular weight is 382 g/mol. The molecule has 0 radical (unpaired) electrons. The van der Waals surface area contributed by atoms with Gasteiger partial charge in [-0.05, 0) is 43.5 Å². The number of amides is 1. The van der Waals surface area contributed by atoms with Gasteiger partial charge in [0.15, 0.2) is 5.69 Å². The van der Waals surface area contributed by atoms with Crippen molar-refractivity contribution in [3.63, 3.8) is 0 Å². The lowest BCUT2D eigenvalue weighted by Gasteiger charge is -2.15. The number of carbonyl (C=O) groups excluding carboxylic acids is 1. The molecular formula is C17H20F2N4O4. The number of hydrogen-bond acceptors (Lipinski definition) is 5. The van der Waals surface area contributed by atoms with Crippen LogP contribution in [0.2, 0.25) is 0 Å². The zero-order valence-corrected chi connectivity index (χ0v) is 15.0. The summed E-state index contributed by atoms with van der Waals surface area (Å²) in [4.78, 5) is 23.7. The Balaban J connectivity index is 2.18. The number of carboxylic acids is 1. The van der Waals surface area contributed by atoms with Crippen molar-refractivity contribution >= 4 is 11.9 Å². The molecule has 0 saturated carbocycles. The van der Waals surface area contributed by atoms with Gasteiger partial charge in [-0.15, -0.1) is 5.10 Å². The second kappa shape index (κ2) is 8.56. The number of carbonyl (C=O) groups is 2. The van der Waals surface area contributed by atoms with Crippen LogP contribution in [0.5, 0.6) is 5.75 Å². The number of aliphatic carboxylic acids is 1. The van der Waals surface area contributed by atoms with Crippen LogP contribution >= 0.6 is 0 Å². The summed E-state index contributed by atoms with van der Waals surface area (Å²) in [6, 6.07) is 4.62. The van der Waals surface area contributed by atoms with E-state index in [9.17, 15) is 23.5 Å². The predicted octanol–water partition coefficient (Wildman–Crippen LogP) is 2.41. The van der Waals surface area contributed by atoms with Crippen molar-refractivity contribution < 1.29 is 28.2 Å². The molecule has 0 saturated heterocycles. The lowest BCUT2D eigenvalue weighted by Crippen LogP contribution is -2.42. The molecule has 1 amide bonds. The Morgan fingerprint density at radius 2 is 1.89 bits per heavy atom. The van der Waals surface area contributed by atoms with Gasteiger partial charge in [-0.2, -0.15) is 8.78 Å². The van der Waals surface area contributed by atoms with Gasteiger partial charge in [0.25, 0.3) is 5.91 Å². The normalized spacial score (nSPS) is 12.3. The number of nitrogens with zero attached hydrogens (tertiary/aromatic N) is 3. The van der Waals surface area contributed by atoms with E-state index in [0.717, 1.165) is 0 Å². The van der Waals surface area contributed by atoms with E-state index in [0.29, 0.717) is 11.4 Å². The van der Waals surface area contributed by atoms with Crippen molar-refractivity contribution in [3.8, 4) is 11.4 Å². The van der Waals surface area contributed by atoms with Gasteiger partial charge in [0.1, 0.15) is 11.8 Å². The van der Waals surface area contributed by atoms with Gasteiger partial charge in [0.2, 0.25) is 0 Å². The molecule has 1 aromatic carbocycles. The average Bonchev–Trinajstić information content (AvgIpc) is 2.95. The number of halogens is 2. The molecule has 2 rings (SSSR count). The minimum Gasteiger partial charge on any atom is -0.480 e. The van der Waals surface area contributed by atoms with Crippen LogP contribution in [-0.4, -0.2) is 44.6 Å². The standard InChI is InChI=1S/C17H20F2N4O4/c1-9(2)8-13(16(25)26)20-15(24)14-10(3)23(22-21-14)11-4-6-12(7-5-11)27-17(18)19/h4-7,9,13,17H,8H2,1-3H3,(H,20,24)(H,25,26)/t13-/m1/s1. The summed E-state index contributed by atoms with van der Waals surface area (Å²) < 4.78 is 30.0. The van der Waals surface area contributed by atoms with E-state index >= 15 is 0 Å². The summed E-state index contributed by atoms with van der Waals surface area (Å²) in [6.45, 7) is 2.37. The summed E-state index contributed by atoms with van der Waals surface area (Å²) in [7, 11) is 0. The summed E-state index contributed by atoms with van der Waals surface area (Å²) in [5.74, 6) is -1.71. The van der Waals surface area contributed by atoms with Gasteiger partial charge < -0.3 is 15.2 Å². The molecule has 0 aliphatic carbocycles. The molecule has 2 N–H and O–H groups in total. The molecule has 146 valence electrons. The second-order valence-electron chi connectivity index (χ2n) is 6.30. The molecule has 0 bridgehead atoms. The first-order chi connectivity index (χ1) is 12.7. The van der Waals surface area contributed by atoms with Crippen molar-refractivity contribution in [1.82, 2.24) is 20.3 Å². The molecule has 0 aliphatic heterocycles. The molecule has 10 heteroatoms. The molecular weight excluding hydrogens is 362 g/mol. The van der Waals surface area contributed by atoms with Crippen LogP contribution in [0.25, 0.3) is 5.69 Å². The van der Waals surface area contributed by atoms with E-state index in [1.165, 1.54) is 28.9 Å². The fraction of sp³-hybridized carbons (Fsp3) is 0.412. The lowest BCUT2D eigenvalue weighted by atomic mass is 10.0. The van der Waals surface area contributed by atoms with Crippen LogP contribution in [0.1, 0.15) is 36.5 Å². The van der Waals surface area contributed by atoms with Crippen molar-refractivity contribution in [2.45, 2.75) is 39.8 Å². The van der Waals surface area contributed by atoms with Gasteiger partial charge >= 0.3 is 12.6 Å². The van der Waals surface area contributed by atoms with Crippen molar-refractivity contribution in [2.75, 3.05) is 0 Å². The van der Waals surface area contributed by atoms with Gasteiger partial charge in [0, 0.05) is 0 Å². The maximum absolute atomic E-state index is 12.4. The Morgan fingerprint density at radius 1 is 1.26 bits per heavy atom. The molecule has 27 heavy (non-hydrogen) atoms. The van der Waals surface area contributed by atoms with E-state index in [1.54, 1.807) is 6.92 Å². The number of rotatable bonds is 8. The maximum Gasteiger partial charge on any atom is 0.387 e. The van der Waals surface area contributed by atoms with E-state index < -0.39 is 24.5 Å². The molecule has 0 aliphatic rings. The highest BCUT2D eigenvalue weighted by Crippen LogP contribution is 2.19. The number of nitrogens with one attached hydrogen (secondary N) is 1. The van der Waals surface area contributed by atoms with Gasteiger partial charge in [-0.25, -0.2) is 9.48 Å². The molecule has 1 aromatic heterocycles. The van der Waals surface area contributed by atoms with E-state index in [-0.39, 0.29) is 23.8 Å². The fourth-order valence-electron chi connectivity index (χ4n) is 2.47.